The van der Waals surface area contributed by atoms with E-state index in [9.17, 15) is 0 Å². The Balaban J connectivity index is -0.00000000135. The minimum absolute atomic E-state index is 0. The van der Waals surface area contributed by atoms with E-state index in [2.05, 4.69) is 0 Å². The standard InChI is InChI=1S/4CH2O3.26Na.26H/c4*2-1(3)4;;;;;;;;;;;;;;;;;;;;;;;;;;;;;;;;;;;;;;;;;;;;;;;;;;;;/h4*(H2,2,3,4);;;;;;;;;;;;;;;;;;;;;;;;;;;;;;;;;;;;;;;;;;;;;;;;;;;;. The van der Waals surface area contributed by atoms with E-state index in [0.29, 0.717) is 0 Å². The fourth-order valence-electron chi connectivity index (χ4n) is 0. The molecule has 42 heavy (non-hydrogen) atoms. The number of rotatable bonds is 0. The average molecular weight is 872 g/mol. The zero-order chi connectivity index (χ0) is 14.3. The second kappa shape index (κ2) is 207. The number of carbonyl (C=O) groups is 4. The molecule has 0 spiro atoms. The molecule has 0 atom stereocenters. The summed E-state index contributed by atoms with van der Waals surface area (Å²) in [6.07, 6.45) is -7.33. The summed E-state index contributed by atoms with van der Waals surface area (Å²) in [4.78, 5) is 34.2. The van der Waals surface area contributed by atoms with Crippen LogP contribution in [0.1, 0.15) is 0 Å². The number of carboxylic acid groups (broad SMARTS) is 8. The molecular formula is C4H34Na26O12. The topological polar surface area (TPSA) is 230 Å². The van der Waals surface area contributed by atoms with Crippen LogP contribution in [0.25, 0.3) is 0 Å². The van der Waals surface area contributed by atoms with Gasteiger partial charge in [-0.1, -0.05) is 0 Å². The Bertz CT molecular complexity index is 193. The van der Waals surface area contributed by atoms with Gasteiger partial charge in [-0.15, -0.1) is 0 Å². The quantitative estimate of drug-likeness (QED) is 0.106. The Hall–Kier alpha value is 23.1. The first-order chi connectivity index (χ1) is 6.93. The molecule has 0 aromatic carbocycles. The van der Waals surface area contributed by atoms with E-state index in [1.165, 1.54) is 0 Å². The minimum atomic E-state index is -1.83. The van der Waals surface area contributed by atoms with Crippen molar-refractivity contribution in [1.29, 1.82) is 0 Å². The van der Waals surface area contributed by atoms with Crippen molar-refractivity contribution in [3.05, 3.63) is 0 Å². The van der Waals surface area contributed by atoms with Gasteiger partial charge in [0.2, 0.25) is 0 Å². The summed E-state index contributed by atoms with van der Waals surface area (Å²) < 4.78 is 0. The van der Waals surface area contributed by atoms with Gasteiger partial charge in [-0.2, -0.15) is 0 Å². The van der Waals surface area contributed by atoms with Crippen molar-refractivity contribution in [3.63, 3.8) is 0 Å². The first-order valence-corrected chi connectivity index (χ1v) is 2.61. The molecule has 0 fully saturated rings. The first kappa shape index (κ1) is 217. The number of hydrogen-bond donors (Lipinski definition) is 8. The molecule has 0 rings (SSSR count). The molecule has 0 amide bonds. The van der Waals surface area contributed by atoms with Gasteiger partial charge >= 0.3 is 793 Å². The monoisotopic (exact) mass is 872 g/mol. The van der Waals surface area contributed by atoms with Crippen LogP contribution in [0, 0.1) is 0 Å². The molecule has 12 nitrogen and oxygen atoms in total. The molecule has 0 bridgehead atoms. The molecule has 0 radical (unpaired) electrons. The van der Waals surface area contributed by atoms with Crippen LogP contribution >= 0.6 is 0 Å². The molecule has 148 valence electrons. The zero-order valence-corrected chi connectivity index (χ0v) is 7.21. The van der Waals surface area contributed by atoms with Gasteiger partial charge in [0, 0.05) is 0 Å². The summed E-state index contributed by atoms with van der Waals surface area (Å²) in [6.45, 7) is 0. The molecular weight excluding hydrogens is 838 g/mol. The van der Waals surface area contributed by atoms with E-state index in [-0.39, 0.29) is 768 Å². The summed E-state index contributed by atoms with van der Waals surface area (Å²) in [5.74, 6) is 0. The van der Waals surface area contributed by atoms with E-state index < -0.39 is 24.6 Å². The molecule has 0 aliphatic rings. The second-order valence-electron chi connectivity index (χ2n) is 1.13. The van der Waals surface area contributed by atoms with E-state index in [1.807, 2.05) is 0 Å². The van der Waals surface area contributed by atoms with Crippen LogP contribution in [-0.2, 0) is 0 Å². The summed E-state index contributed by atoms with van der Waals surface area (Å²) >= 11 is 0. The second-order valence-corrected chi connectivity index (χ2v) is 1.13. The Morgan fingerprint density at radius 3 is 0.167 bits per heavy atom. The maximum absolute atomic E-state index is 8.56. The van der Waals surface area contributed by atoms with Crippen molar-refractivity contribution in [2.45, 2.75) is 0 Å². The van der Waals surface area contributed by atoms with Crippen LogP contribution in [0.5, 0.6) is 0 Å². The molecule has 0 unspecified atom stereocenters. The van der Waals surface area contributed by atoms with Gasteiger partial charge in [0.25, 0.3) is 0 Å². The summed E-state index contributed by atoms with van der Waals surface area (Å²) in [5, 5.41) is 55.8. The van der Waals surface area contributed by atoms with Crippen molar-refractivity contribution in [2.24, 2.45) is 0 Å². The Labute approximate surface area is 825 Å². The van der Waals surface area contributed by atoms with Gasteiger partial charge in [0.1, 0.15) is 0 Å². The van der Waals surface area contributed by atoms with Crippen LogP contribution in [0.15, 0.2) is 0 Å². The Morgan fingerprint density at radius 1 is 0.167 bits per heavy atom. The third-order valence-electron chi connectivity index (χ3n) is 0. The van der Waals surface area contributed by atoms with Crippen LogP contribution < -0.4 is 0 Å². The molecule has 0 aliphatic carbocycles. The van der Waals surface area contributed by atoms with Gasteiger partial charge in [0.05, 0.1) is 0 Å². The van der Waals surface area contributed by atoms with Crippen molar-refractivity contribution in [2.75, 3.05) is 0 Å². The van der Waals surface area contributed by atoms with E-state index >= 15 is 0 Å². The summed E-state index contributed by atoms with van der Waals surface area (Å²) in [5.41, 5.74) is 0. The fourth-order valence-corrected chi connectivity index (χ4v) is 0. The maximum atomic E-state index is 8.56. The zero-order valence-electron chi connectivity index (χ0n) is 7.21. The molecule has 8 N–H and O–H groups in total. The van der Waals surface area contributed by atoms with Crippen molar-refractivity contribution < 1.29 is 60.0 Å². The van der Waals surface area contributed by atoms with Gasteiger partial charge in [-0.3, -0.25) is 0 Å². The fraction of sp³-hybridized carbons (Fsp3) is 0. The molecule has 0 aromatic heterocycles. The Morgan fingerprint density at radius 2 is 0.167 bits per heavy atom. The normalized spacial score (nSPS) is 2.29. The Kier molecular flexibility index (Phi) is 1070. The van der Waals surface area contributed by atoms with E-state index in [1.54, 1.807) is 0 Å². The molecule has 0 aliphatic heterocycles. The third kappa shape index (κ3) is 456. The predicted octanol–water partition coefficient (Wildman–Crippen LogP) is -16.0. The van der Waals surface area contributed by atoms with Crippen molar-refractivity contribution in [3.8, 4) is 0 Å². The predicted molar refractivity (Wildman–Crippen MR) is 228 cm³/mol. The van der Waals surface area contributed by atoms with Crippen LogP contribution in [-0.4, -0.2) is 834 Å². The van der Waals surface area contributed by atoms with Crippen LogP contribution in [0.3, 0.4) is 0 Å². The SMILES string of the molecule is O=C(O)O.O=C(O)O.O=C(O)O.O=C(O)O.[NaH].[NaH].[NaH].[NaH].[NaH].[NaH].[NaH].[NaH].[NaH].[NaH].[NaH].[NaH].[NaH].[NaH].[NaH].[NaH].[NaH].[NaH].[NaH].[NaH].[NaH].[NaH].[NaH].[NaH].[NaH].[NaH]. The van der Waals surface area contributed by atoms with Gasteiger partial charge in [0.15, 0.2) is 0 Å². The van der Waals surface area contributed by atoms with Gasteiger partial charge in [-0.25, -0.2) is 19.2 Å². The molecule has 0 aromatic rings. The van der Waals surface area contributed by atoms with E-state index in [4.69, 9.17) is 60.0 Å². The first-order valence-electron chi connectivity index (χ1n) is 2.61. The summed E-state index contributed by atoms with van der Waals surface area (Å²) in [6, 6.07) is 0. The number of hydrogen-bond acceptors (Lipinski definition) is 4. The third-order valence-corrected chi connectivity index (χ3v) is 0. The van der Waals surface area contributed by atoms with Gasteiger partial charge in [-0.05, 0) is 0 Å². The molecule has 0 saturated heterocycles. The van der Waals surface area contributed by atoms with Crippen molar-refractivity contribution >= 4 is 793 Å². The molecule has 0 saturated carbocycles. The van der Waals surface area contributed by atoms with E-state index in [0.717, 1.165) is 0 Å². The van der Waals surface area contributed by atoms with Gasteiger partial charge < -0.3 is 40.9 Å². The average Bonchev–Trinajstić information content (AvgIpc) is 1.76. The van der Waals surface area contributed by atoms with Crippen molar-refractivity contribution in [1.82, 2.24) is 0 Å². The molecule has 38 heteroatoms. The molecule has 0 heterocycles. The summed E-state index contributed by atoms with van der Waals surface area (Å²) in [7, 11) is 0. The van der Waals surface area contributed by atoms with Crippen LogP contribution in [0.2, 0.25) is 0 Å². The van der Waals surface area contributed by atoms with Crippen LogP contribution in [0.4, 0.5) is 19.2 Å².